The Bertz CT molecular complexity index is 2020. The van der Waals surface area contributed by atoms with Gasteiger partial charge in [0.1, 0.15) is 59.2 Å². The summed E-state index contributed by atoms with van der Waals surface area (Å²) >= 11 is 0. The minimum Gasteiger partial charge on any atom is -0.207 e. The lowest BCUT2D eigenvalue weighted by Crippen LogP contribution is -2.81. The minimum absolute atomic E-state index is 1.18. The van der Waals surface area contributed by atoms with Gasteiger partial charge in [-0.15, -0.1) is 21.9 Å². The fourth-order valence-electron chi connectivity index (χ4n) is 6.71. The molecule has 1 heterocycles. The van der Waals surface area contributed by atoms with E-state index in [1.54, 1.807) is 0 Å². The Morgan fingerprint density at radius 1 is 0.300 bits per heavy atom. The zero-order chi connectivity index (χ0) is 45.1. The van der Waals surface area contributed by atoms with Crippen molar-refractivity contribution >= 4 is 28.0 Å². The molecule has 1 aromatic heterocycles. The van der Waals surface area contributed by atoms with E-state index in [2.05, 4.69) is 42.1 Å². The summed E-state index contributed by atoms with van der Waals surface area (Å²) < 4.78 is 296. The molecule has 0 unspecified atom stereocenters. The van der Waals surface area contributed by atoms with Gasteiger partial charge in [0.05, 0.1) is 0 Å². The standard InChI is InChI=1S/C24BF20.C14H24N/c26-5-1(6(27)14(35)21(42)13(5)34)25(2-7(28)15(36)22(43)16(37)8(2)29,3-9(30)17(38)23(44)18(39)10(3)31)4-11(32)19(40)24(45)20(41)12(4)33;1-2-3-4-5-6-7-9-12-15-13-10-8-11-14-15/h;8,10-11,13-14H,2-7,9,12H2,1H3/q-1;+1. The molecule has 0 bridgehead atoms. The number of halogens is 20. The molecular formula is C38H24BF20N. The molecule has 0 aliphatic rings. The third-order valence-corrected chi connectivity index (χ3v) is 9.50. The van der Waals surface area contributed by atoms with Crippen molar-refractivity contribution in [2.24, 2.45) is 0 Å². The Hall–Kier alpha value is -5.31. The van der Waals surface area contributed by atoms with Crippen molar-refractivity contribution in [1.29, 1.82) is 0 Å². The molecule has 5 rings (SSSR count). The Morgan fingerprint density at radius 2 is 0.517 bits per heavy atom. The number of hydrogen-bond donors (Lipinski definition) is 0. The zero-order valence-corrected chi connectivity index (χ0v) is 30.1. The van der Waals surface area contributed by atoms with E-state index in [0.717, 1.165) is 0 Å². The van der Waals surface area contributed by atoms with E-state index >= 15 is 35.1 Å². The predicted molar refractivity (Wildman–Crippen MR) is 174 cm³/mol. The van der Waals surface area contributed by atoms with E-state index in [9.17, 15) is 52.7 Å². The molecule has 0 aliphatic heterocycles. The van der Waals surface area contributed by atoms with E-state index in [0.29, 0.717) is 0 Å². The first-order chi connectivity index (χ1) is 28.1. The summed E-state index contributed by atoms with van der Waals surface area (Å²) in [6.07, 6.45) is 6.80. The fourth-order valence-corrected chi connectivity index (χ4v) is 6.71. The number of benzene rings is 4. The van der Waals surface area contributed by atoms with Crippen LogP contribution in [-0.2, 0) is 6.54 Å². The van der Waals surface area contributed by atoms with Crippen LogP contribution in [0.2, 0.25) is 0 Å². The second-order valence-electron chi connectivity index (χ2n) is 13.0. The van der Waals surface area contributed by atoms with Crippen LogP contribution in [-0.4, -0.2) is 6.15 Å². The average molecular weight is 885 g/mol. The molecule has 0 saturated carbocycles. The SMILES string of the molecule is CCCCCCCCC[n+]1ccccc1.Fc1c(F)c(F)c([B-](c2c(F)c(F)c(F)c(F)c2F)(c2c(F)c(F)c(F)c(F)c2F)c2c(F)c(F)c(F)c(F)c2F)c(F)c1F. The summed E-state index contributed by atoms with van der Waals surface area (Å²) in [5, 5.41) is 0. The first-order valence-corrected chi connectivity index (χ1v) is 17.3. The molecule has 0 N–H and O–H groups in total. The van der Waals surface area contributed by atoms with Crippen molar-refractivity contribution in [2.75, 3.05) is 0 Å². The highest BCUT2D eigenvalue weighted by Crippen LogP contribution is 2.30. The van der Waals surface area contributed by atoms with Crippen LogP contribution in [0.15, 0.2) is 30.6 Å². The van der Waals surface area contributed by atoms with Gasteiger partial charge in [0.25, 0.3) is 0 Å². The third kappa shape index (κ3) is 8.12. The first-order valence-electron chi connectivity index (χ1n) is 17.3. The van der Waals surface area contributed by atoms with E-state index in [-0.39, 0.29) is 0 Å². The minimum atomic E-state index is -7.22. The number of hydrogen-bond acceptors (Lipinski definition) is 0. The molecule has 0 aliphatic carbocycles. The lowest BCUT2D eigenvalue weighted by Gasteiger charge is -2.44. The topological polar surface area (TPSA) is 3.88 Å². The Kier molecular flexibility index (Phi) is 15.0. The van der Waals surface area contributed by atoms with Crippen molar-refractivity contribution in [2.45, 2.75) is 58.4 Å². The van der Waals surface area contributed by atoms with Crippen molar-refractivity contribution in [3.05, 3.63) is 147 Å². The van der Waals surface area contributed by atoms with Crippen LogP contribution in [0.5, 0.6) is 0 Å². The molecular weight excluding hydrogens is 861 g/mol. The Balaban J connectivity index is 0.000000445. The van der Waals surface area contributed by atoms with Gasteiger partial charge in [0.15, 0.2) is 82.2 Å². The van der Waals surface area contributed by atoms with Crippen LogP contribution in [0.3, 0.4) is 0 Å². The molecule has 0 saturated heterocycles. The van der Waals surface area contributed by atoms with Gasteiger partial charge in [-0.2, -0.15) is 0 Å². The maximum Gasteiger partial charge on any atom is 0.200 e. The van der Waals surface area contributed by atoms with Gasteiger partial charge in [-0.05, 0) is 6.42 Å². The maximum absolute atomic E-state index is 15.4. The third-order valence-electron chi connectivity index (χ3n) is 9.50. The maximum atomic E-state index is 15.4. The van der Waals surface area contributed by atoms with Gasteiger partial charge in [0.2, 0.25) is 0 Å². The van der Waals surface area contributed by atoms with Crippen molar-refractivity contribution in [3.63, 3.8) is 0 Å². The van der Waals surface area contributed by atoms with Crippen LogP contribution in [0, 0.1) is 116 Å². The predicted octanol–water partition coefficient (Wildman–Crippen LogP) is 9.57. The molecule has 22 heteroatoms. The Morgan fingerprint density at radius 3 is 0.767 bits per heavy atom. The smallest absolute Gasteiger partial charge is 0.200 e. The van der Waals surface area contributed by atoms with E-state index in [1.807, 2.05) is 0 Å². The summed E-state index contributed by atoms with van der Waals surface area (Å²) in [7, 11) is 0. The van der Waals surface area contributed by atoms with Crippen molar-refractivity contribution in [3.8, 4) is 0 Å². The van der Waals surface area contributed by atoms with Gasteiger partial charge in [-0.3, -0.25) is 0 Å². The van der Waals surface area contributed by atoms with Gasteiger partial charge in [0, 0.05) is 18.6 Å². The van der Waals surface area contributed by atoms with E-state index < -0.39 is 144 Å². The number of pyridine rings is 1. The molecule has 0 atom stereocenters. The molecule has 0 spiro atoms. The molecule has 4 aromatic carbocycles. The quantitative estimate of drug-likeness (QED) is 0.0294. The number of aromatic nitrogens is 1. The zero-order valence-electron chi connectivity index (χ0n) is 30.1. The first kappa shape index (κ1) is 47.4. The van der Waals surface area contributed by atoms with Crippen LogP contribution in [0.1, 0.15) is 51.9 Å². The van der Waals surface area contributed by atoms with Crippen LogP contribution in [0.25, 0.3) is 0 Å². The lowest BCUT2D eigenvalue weighted by molar-refractivity contribution is -0.697. The van der Waals surface area contributed by atoms with Crippen molar-refractivity contribution in [1.82, 2.24) is 0 Å². The highest BCUT2D eigenvalue weighted by molar-refractivity contribution is 7.20. The molecule has 60 heavy (non-hydrogen) atoms. The fraction of sp³-hybridized carbons (Fsp3) is 0.237. The van der Waals surface area contributed by atoms with Gasteiger partial charge in [-0.25, -0.2) is 92.4 Å². The molecule has 1 nitrogen and oxygen atoms in total. The van der Waals surface area contributed by atoms with Crippen LogP contribution >= 0.6 is 0 Å². The average Bonchev–Trinajstić information content (AvgIpc) is 3.23. The Labute approximate surface area is 325 Å². The molecule has 0 amide bonds. The van der Waals surface area contributed by atoms with Crippen molar-refractivity contribution < 1.29 is 92.4 Å². The highest BCUT2D eigenvalue weighted by Gasteiger charge is 2.52. The summed E-state index contributed by atoms with van der Waals surface area (Å²) in [6, 6.07) is 6.27. The largest absolute Gasteiger partial charge is 0.207 e. The summed E-state index contributed by atoms with van der Waals surface area (Å²) in [5.74, 6) is -71.4. The highest BCUT2D eigenvalue weighted by atomic mass is 19.2. The second-order valence-corrected chi connectivity index (χ2v) is 13.0. The van der Waals surface area contributed by atoms with E-state index in [1.165, 1.54) is 51.5 Å². The summed E-state index contributed by atoms with van der Waals surface area (Å²) in [4.78, 5) is 0. The molecule has 324 valence electrons. The van der Waals surface area contributed by atoms with Crippen LogP contribution < -0.4 is 26.4 Å². The molecule has 0 fully saturated rings. The van der Waals surface area contributed by atoms with Crippen LogP contribution in [0.4, 0.5) is 87.8 Å². The van der Waals surface area contributed by atoms with Gasteiger partial charge < -0.3 is 0 Å². The van der Waals surface area contributed by atoms with Gasteiger partial charge in [-0.1, -0.05) is 45.1 Å². The van der Waals surface area contributed by atoms with Gasteiger partial charge >= 0.3 is 0 Å². The molecule has 0 radical (unpaired) electrons. The monoisotopic (exact) mass is 885 g/mol. The number of rotatable bonds is 12. The summed E-state index contributed by atoms with van der Waals surface area (Å²) in [5.41, 5.74) is -14.3. The van der Waals surface area contributed by atoms with E-state index in [4.69, 9.17) is 0 Å². The molecule has 5 aromatic rings. The lowest BCUT2D eigenvalue weighted by atomic mass is 9.12. The number of aryl methyl sites for hydroxylation is 1. The number of unbranched alkanes of at least 4 members (excludes halogenated alkanes) is 6. The number of nitrogens with zero attached hydrogens (tertiary/aromatic N) is 1. The second kappa shape index (κ2) is 19.0. The summed E-state index contributed by atoms with van der Waals surface area (Å²) in [6.45, 7) is 3.45. The normalized spacial score (nSPS) is 11.6.